The van der Waals surface area contributed by atoms with Crippen LogP contribution in [0.2, 0.25) is 0 Å². The topological polar surface area (TPSA) is 37.4 Å². The monoisotopic (exact) mass is 319 g/mol. The molecule has 112 valence electrons. The molecule has 1 aromatic carbocycles. The number of alkyl halides is 1. The first-order valence-electron chi connectivity index (χ1n) is 6.72. The van der Waals surface area contributed by atoms with Crippen molar-refractivity contribution in [3.8, 4) is 0 Å². The molecular weight excluding hydrogens is 301 g/mol. The van der Waals surface area contributed by atoms with Crippen LogP contribution in [0, 0.1) is 11.7 Å². The quantitative estimate of drug-likeness (QED) is 0.801. The van der Waals surface area contributed by atoms with Crippen LogP contribution in [0.3, 0.4) is 0 Å². The molecule has 2 unspecified atom stereocenters. The Morgan fingerprint density at radius 2 is 2.05 bits per heavy atom. The molecule has 20 heavy (non-hydrogen) atoms. The third kappa shape index (κ3) is 3.00. The van der Waals surface area contributed by atoms with Crippen molar-refractivity contribution in [2.24, 2.45) is 5.92 Å². The van der Waals surface area contributed by atoms with Crippen molar-refractivity contribution in [3.05, 3.63) is 29.6 Å². The summed E-state index contributed by atoms with van der Waals surface area (Å²) >= 11 is 5.71. The molecular formula is C14H19ClFNO2S. The van der Waals surface area contributed by atoms with E-state index in [1.165, 1.54) is 22.5 Å². The average Bonchev–Trinajstić information content (AvgIpc) is 2.41. The molecule has 0 saturated carbocycles. The van der Waals surface area contributed by atoms with Gasteiger partial charge < -0.3 is 0 Å². The van der Waals surface area contributed by atoms with Gasteiger partial charge in [-0.1, -0.05) is 13.0 Å². The maximum absolute atomic E-state index is 13.9. The maximum Gasteiger partial charge on any atom is 0.246 e. The summed E-state index contributed by atoms with van der Waals surface area (Å²) in [5.74, 6) is -0.265. The van der Waals surface area contributed by atoms with Crippen LogP contribution in [-0.2, 0) is 15.9 Å². The molecule has 0 aromatic heterocycles. The zero-order valence-electron chi connectivity index (χ0n) is 11.6. The summed E-state index contributed by atoms with van der Waals surface area (Å²) in [6.07, 6.45) is 1.80. The number of nitrogens with zero attached hydrogens (tertiary/aromatic N) is 1. The highest BCUT2D eigenvalue weighted by molar-refractivity contribution is 7.89. The molecule has 1 aliphatic rings. The average molecular weight is 320 g/mol. The van der Waals surface area contributed by atoms with Gasteiger partial charge in [-0.05, 0) is 43.4 Å². The van der Waals surface area contributed by atoms with Crippen molar-refractivity contribution >= 4 is 21.6 Å². The molecule has 2 rings (SSSR count). The Morgan fingerprint density at radius 1 is 1.35 bits per heavy atom. The van der Waals surface area contributed by atoms with Gasteiger partial charge in [0.1, 0.15) is 10.7 Å². The van der Waals surface area contributed by atoms with Gasteiger partial charge in [0.05, 0.1) is 0 Å². The van der Waals surface area contributed by atoms with Gasteiger partial charge in [0.2, 0.25) is 10.0 Å². The molecule has 0 amide bonds. The molecule has 0 spiro atoms. The first-order valence-corrected chi connectivity index (χ1v) is 8.70. The van der Waals surface area contributed by atoms with Gasteiger partial charge in [0.15, 0.2) is 0 Å². The third-order valence-corrected chi connectivity index (χ3v) is 6.10. The molecule has 2 atom stereocenters. The first-order chi connectivity index (χ1) is 9.36. The van der Waals surface area contributed by atoms with Gasteiger partial charge in [-0.25, -0.2) is 12.8 Å². The zero-order valence-corrected chi connectivity index (χ0v) is 13.2. The lowest BCUT2D eigenvalue weighted by atomic mass is 9.97. The van der Waals surface area contributed by atoms with E-state index >= 15 is 0 Å². The second kappa shape index (κ2) is 6.00. The van der Waals surface area contributed by atoms with Crippen LogP contribution in [0.25, 0.3) is 0 Å². The molecule has 1 aromatic rings. The van der Waals surface area contributed by atoms with Gasteiger partial charge in [0.25, 0.3) is 0 Å². The molecule has 3 nitrogen and oxygen atoms in total. The second-order valence-electron chi connectivity index (χ2n) is 5.50. The fraction of sp³-hybridized carbons (Fsp3) is 0.571. The van der Waals surface area contributed by atoms with Crippen LogP contribution in [0.15, 0.2) is 23.1 Å². The molecule has 1 aliphatic heterocycles. The maximum atomic E-state index is 13.9. The molecule has 1 heterocycles. The normalized spacial score (nSPS) is 24.8. The summed E-state index contributed by atoms with van der Waals surface area (Å²) < 4.78 is 40.7. The standard InChI is InChI=1S/C14H19ClFNO2S/c1-10-3-4-11(2)17(9-10)20(18,19)14-7-12(8-15)5-6-13(14)16/h5-7,10-11H,3-4,8-9H2,1-2H3. The highest BCUT2D eigenvalue weighted by atomic mass is 35.5. The second-order valence-corrected chi connectivity index (χ2v) is 7.63. The minimum Gasteiger partial charge on any atom is -0.207 e. The van der Waals surface area contributed by atoms with E-state index < -0.39 is 15.8 Å². The fourth-order valence-corrected chi connectivity index (χ4v) is 4.60. The van der Waals surface area contributed by atoms with Crippen LogP contribution in [0.5, 0.6) is 0 Å². The highest BCUT2D eigenvalue weighted by Gasteiger charge is 2.35. The van der Waals surface area contributed by atoms with E-state index in [1.54, 1.807) is 0 Å². The minimum absolute atomic E-state index is 0.102. The first kappa shape index (κ1) is 15.7. The predicted octanol–water partition coefficient (Wildman–Crippen LogP) is 3.37. The smallest absolute Gasteiger partial charge is 0.207 e. The van der Waals surface area contributed by atoms with Crippen molar-refractivity contribution in [1.29, 1.82) is 0 Å². The fourth-order valence-electron chi connectivity index (χ4n) is 2.54. The van der Waals surface area contributed by atoms with E-state index in [9.17, 15) is 12.8 Å². The molecule has 6 heteroatoms. The van der Waals surface area contributed by atoms with Crippen molar-refractivity contribution in [2.75, 3.05) is 6.54 Å². The van der Waals surface area contributed by atoms with Gasteiger partial charge in [-0.3, -0.25) is 0 Å². The Morgan fingerprint density at radius 3 is 2.70 bits per heavy atom. The summed E-state index contributed by atoms with van der Waals surface area (Å²) in [4.78, 5) is -0.267. The Kier molecular flexibility index (Phi) is 4.72. The van der Waals surface area contributed by atoms with Gasteiger partial charge in [0, 0.05) is 18.5 Å². The summed E-state index contributed by atoms with van der Waals surface area (Å²) in [5.41, 5.74) is 0.601. The molecule has 1 fully saturated rings. The van der Waals surface area contributed by atoms with E-state index in [1.807, 2.05) is 13.8 Å². The minimum atomic E-state index is -3.81. The van der Waals surface area contributed by atoms with Gasteiger partial charge >= 0.3 is 0 Å². The van der Waals surface area contributed by atoms with Crippen LogP contribution >= 0.6 is 11.6 Å². The largest absolute Gasteiger partial charge is 0.246 e. The summed E-state index contributed by atoms with van der Waals surface area (Å²) in [6, 6.07) is 3.91. The van der Waals surface area contributed by atoms with Crippen LogP contribution in [-0.4, -0.2) is 25.3 Å². The highest BCUT2D eigenvalue weighted by Crippen LogP contribution is 2.29. The number of piperidine rings is 1. The number of hydrogen-bond donors (Lipinski definition) is 0. The molecule has 0 bridgehead atoms. The molecule has 1 saturated heterocycles. The van der Waals surface area contributed by atoms with Gasteiger partial charge in [-0.2, -0.15) is 4.31 Å². The predicted molar refractivity (Wildman–Crippen MR) is 77.7 cm³/mol. The molecule has 0 radical (unpaired) electrons. The van der Waals surface area contributed by atoms with Crippen molar-refractivity contribution in [1.82, 2.24) is 4.31 Å². The summed E-state index contributed by atoms with van der Waals surface area (Å²) in [7, 11) is -3.81. The van der Waals surface area contributed by atoms with E-state index in [4.69, 9.17) is 11.6 Å². The summed E-state index contributed by atoms with van der Waals surface area (Å²) in [6.45, 7) is 4.32. The molecule has 0 N–H and O–H groups in total. The van der Waals surface area contributed by atoms with E-state index in [0.29, 0.717) is 18.0 Å². The lowest BCUT2D eigenvalue weighted by Gasteiger charge is -2.35. The van der Waals surface area contributed by atoms with Crippen LogP contribution < -0.4 is 0 Å². The van der Waals surface area contributed by atoms with Crippen LogP contribution in [0.4, 0.5) is 4.39 Å². The Hall–Kier alpha value is -0.650. The SMILES string of the molecule is CC1CCC(C)N(S(=O)(=O)c2cc(CCl)ccc2F)C1. The third-order valence-electron chi connectivity index (χ3n) is 3.80. The number of hydrogen-bond acceptors (Lipinski definition) is 2. The van der Waals surface area contributed by atoms with Crippen molar-refractivity contribution in [2.45, 2.75) is 43.5 Å². The van der Waals surface area contributed by atoms with Gasteiger partial charge in [-0.15, -0.1) is 11.6 Å². The molecule has 0 aliphatic carbocycles. The zero-order chi connectivity index (χ0) is 14.9. The Balaban J connectivity index is 2.43. The van der Waals surface area contributed by atoms with Crippen LogP contribution in [0.1, 0.15) is 32.3 Å². The van der Waals surface area contributed by atoms with Crippen molar-refractivity contribution < 1.29 is 12.8 Å². The summed E-state index contributed by atoms with van der Waals surface area (Å²) in [5, 5.41) is 0. The Bertz CT molecular complexity index is 591. The van der Waals surface area contributed by atoms with E-state index in [0.717, 1.165) is 12.8 Å². The Labute approximate surface area is 124 Å². The lowest BCUT2D eigenvalue weighted by molar-refractivity contribution is 0.217. The number of sulfonamides is 1. The van der Waals surface area contributed by atoms with Crippen molar-refractivity contribution in [3.63, 3.8) is 0 Å². The number of rotatable bonds is 3. The number of halogens is 2. The number of benzene rings is 1. The van der Waals surface area contributed by atoms with E-state index in [2.05, 4.69) is 0 Å². The lowest BCUT2D eigenvalue weighted by Crippen LogP contribution is -2.45. The van der Waals surface area contributed by atoms with E-state index in [-0.39, 0.29) is 16.8 Å².